The quantitative estimate of drug-likeness (QED) is 0.821. The number of ether oxygens (including phenoxy) is 2. The van der Waals surface area contributed by atoms with Gasteiger partial charge in [0, 0.05) is 10.7 Å². The lowest BCUT2D eigenvalue weighted by Crippen LogP contribution is -2.20. The Balaban J connectivity index is 1.82. The fraction of sp³-hybridized carbons (Fsp3) is 0.176. The molecular weight excluding hydrogens is 318 g/mol. The zero-order valence-corrected chi connectivity index (χ0v) is 13.3. The molecule has 2 aromatic rings. The molecular formula is C17H16ClNO4. The van der Waals surface area contributed by atoms with Gasteiger partial charge < -0.3 is 14.8 Å². The van der Waals surface area contributed by atoms with E-state index in [9.17, 15) is 9.59 Å². The number of esters is 1. The SMILES string of the molecule is CCOc1ccc(NC(=O)COC(=O)c2ccc(Cl)cc2)cc1. The third-order valence-corrected chi connectivity index (χ3v) is 3.12. The molecule has 0 aromatic heterocycles. The van der Waals surface area contributed by atoms with Gasteiger partial charge in [0.15, 0.2) is 6.61 Å². The van der Waals surface area contributed by atoms with Crippen LogP contribution in [0.4, 0.5) is 5.69 Å². The second kappa shape index (κ2) is 8.19. The van der Waals surface area contributed by atoms with Crippen molar-refractivity contribution in [2.45, 2.75) is 6.92 Å². The molecule has 0 aliphatic carbocycles. The highest BCUT2D eigenvalue weighted by Crippen LogP contribution is 2.15. The van der Waals surface area contributed by atoms with Crippen molar-refractivity contribution in [3.05, 3.63) is 59.1 Å². The molecule has 120 valence electrons. The van der Waals surface area contributed by atoms with Crippen LogP contribution in [-0.2, 0) is 9.53 Å². The maximum absolute atomic E-state index is 11.8. The van der Waals surface area contributed by atoms with Gasteiger partial charge in [0.2, 0.25) is 0 Å². The minimum Gasteiger partial charge on any atom is -0.494 e. The molecule has 2 aromatic carbocycles. The number of amides is 1. The van der Waals surface area contributed by atoms with Crippen molar-refractivity contribution in [3.8, 4) is 5.75 Å². The van der Waals surface area contributed by atoms with Crippen LogP contribution in [0.2, 0.25) is 5.02 Å². The van der Waals surface area contributed by atoms with Crippen molar-refractivity contribution < 1.29 is 19.1 Å². The Morgan fingerprint density at radius 2 is 1.70 bits per heavy atom. The highest BCUT2D eigenvalue weighted by Gasteiger charge is 2.10. The highest BCUT2D eigenvalue weighted by atomic mass is 35.5. The molecule has 5 nitrogen and oxygen atoms in total. The molecule has 0 saturated heterocycles. The highest BCUT2D eigenvalue weighted by molar-refractivity contribution is 6.30. The summed E-state index contributed by atoms with van der Waals surface area (Å²) in [5, 5.41) is 3.16. The van der Waals surface area contributed by atoms with E-state index in [1.54, 1.807) is 36.4 Å². The van der Waals surface area contributed by atoms with Crippen LogP contribution in [0.25, 0.3) is 0 Å². The number of nitrogens with one attached hydrogen (secondary N) is 1. The average Bonchev–Trinajstić information content (AvgIpc) is 2.55. The van der Waals surface area contributed by atoms with E-state index in [4.69, 9.17) is 21.1 Å². The zero-order chi connectivity index (χ0) is 16.7. The van der Waals surface area contributed by atoms with E-state index >= 15 is 0 Å². The van der Waals surface area contributed by atoms with E-state index in [2.05, 4.69) is 5.32 Å². The summed E-state index contributed by atoms with van der Waals surface area (Å²) < 4.78 is 10.3. The fourth-order valence-corrected chi connectivity index (χ4v) is 1.92. The number of carbonyl (C=O) groups excluding carboxylic acids is 2. The topological polar surface area (TPSA) is 64.6 Å². The average molecular weight is 334 g/mol. The molecule has 0 saturated carbocycles. The number of hydrogen-bond donors (Lipinski definition) is 1. The van der Waals surface area contributed by atoms with Crippen molar-refractivity contribution in [2.75, 3.05) is 18.5 Å². The Morgan fingerprint density at radius 3 is 2.30 bits per heavy atom. The smallest absolute Gasteiger partial charge is 0.338 e. The minimum atomic E-state index is -0.580. The first-order valence-electron chi connectivity index (χ1n) is 7.04. The predicted octanol–water partition coefficient (Wildman–Crippen LogP) is 3.53. The molecule has 1 N–H and O–H groups in total. The van der Waals surface area contributed by atoms with E-state index in [0.29, 0.717) is 22.9 Å². The van der Waals surface area contributed by atoms with Crippen LogP contribution in [0.15, 0.2) is 48.5 Å². The number of rotatable bonds is 6. The van der Waals surface area contributed by atoms with Crippen molar-refractivity contribution in [1.82, 2.24) is 0 Å². The summed E-state index contributed by atoms with van der Waals surface area (Å²) >= 11 is 5.74. The first-order valence-corrected chi connectivity index (χ1v) is 7.41. The van der Waals surface area contributed by atoms with Crippen LogP contribution >= 0.6 is 11.6 Å². The summed E-state index contributed by atoms with van der Waals surface area (Å²) in [6.45, 7) is 2.10. The van der Waals surface area contributed by atoms with Gasteiger partial charge in [-0.05, 0) is 55.5 Å². The summed E-state index contributed by atoms with van der Waals surface area (Å²) in [6.07, 6.45) is 0. The van der Waals surface area contributed by atoms with E-state index in [-0.39, 0.29) is 6.61 Å². The third-order valence-electron chi connectivity index (χ3n) is 2.86. The maximum Gasteiger partial charge on any atom is 0.338 e. The summed E-state index contributed by atoms with van der Waals surface area (Å²) in [5.41, 5.74) is 0.935. The second-order valence-corrected chi connectivity index (χ2v) is 5.03. The van der Waals surface area contributed by atoms with Crippen LogP contribution in [0.5, 0.6) is 5.75 Å². The summed E-state index contributed by atoms with van der Waals surface area (Å²) in [6, 6.07) is 13.2. The van der Waals surface area contributed by atoms with Crippen LogP contribution in [0.3, 0.4) is 0 Å². The predicted molar refractivity (Wildman–Crippen MR) is 88.0 cm³/mol. The molecule has 0 fully saturated rings. The Hall–Kier alpha value is -2.53. The molecule has 6 heteroatoms. The summed E-state index contributed by atoms with van der Waals surface area (Å²) in [4.78, 5) is 23.5. The molecule has 2 rings (SSSR count). The monoisotopic (exact) mass is 333 g/mol. The zero-order valence-electron chi connectivity index (χ0n) is 12.5. The lowest BCUT2D eigenvalue weighted by molar-refractivity contribution is -0.119. The molecule has 0 radical (unpaired) electrons. The number of benzene rings is 2. The van der Waals surface area contributed by atoms with Gasteiger partial charge in [0.05, 0.1) is 12.2 Å². The van der Waals surface area contributed by atoms with E-state index in [1.165, 1.54) is 12.1 Å². The normalized spacial score (nSPS) is 10.0. The largest absolute Gasteiger partial charge is 0.494 e. The molecule has 0 atom stereocenters. The van der Waals surface area contributed by atoms with Gasteiger partial charge in [-0.25, -0.2) is 4.79 Å². The molecule has 0 unspecified atom stereocenters. The number of carbonyl (C=O) groups is 2. The minimum absolute atomic E-state index is 0.336. The van der Waals surface area contributed by atoms with Crippen LogP contribution in [-0.4, -0.2) is 25.1 Å². The Bertz CT molecular complexity index is 668. The molecule has 0 bridgehead atoms. The molecule has 1 amide bonds. The first-order chi connectivity index (χ1) is 11.1. The van der Waals surface area contributed by atoms with E-state index < -0.39 is 11.9 Å². The van der Waals surface area contributed by atoms with Crippen molar-refractivity contribution in [2.24, 2.45) is 0 Å². The van der Waals surface area contributed by atoms with Gasteiger partial charge >= 0.3 is 5.97 Å². The van der Waals surface area contributed by atoms with Crippen molar-refractivity contribution in [3.63, 3.8) is 0 Å². The molecule has 0 aliphatic heterocycles. The third kappa shape index (κ3) is 5.30. The van der Waals surface area contributed by atoms with Gasteiger partial charge in [-0.2, -0.15) is 0 Å². The Morgan fingerprint density at radius 1 is 1.04 bits per heavy atom. The number of anilines is 1. The lowest BCUT2D eigenvalue weighted by atomic mass is 10.2. The van der Waals surface area contributed by atoms with Crippen LogP contribution in [0, 0.1) is 0 Å². The fourth-order valence-electron chi connectivity index (χ4n) is 1.80. The molecule has 0 spiro atoms. The van der Waals surface area contributed by atoms with Crippen molar-refractivity contribution in [1.29, 1.82) is 0 Å². The Labute approximate surface area is 139 Å². The second-order valence-electron chi connectivity index (χ2n) is 4.59. The van der Waals surface area contributed by atoms with E-state index in [0.717, 1.165) is 5.75 Å². The number of halogens is 1. The number of hydrogen-bond acceptors (Lipinski definition) is 4. The molecule has 23 heavy (non-hydrogen) atoms. The standard InChI is InChI=1S/C17H16ClNO4/c1-2-22-15-9-7-14(8-10-15)19-16(20)11-23-17(21)12-3-5-13(18)6-4-12/h3-10H,2,11H2,1H3,(H,19,20). The molecule has 0 aliphatic rings. The molecule has 0 heterocycles. The van der Waals surface area contributed by atoms with Gasteiger partial charge in [0.1, 0.15) is 5.75 Å². The lowest BCUT2D eigenvalue weighted by Gasteiger charge is -2.08. The first kappa shape index (κ1) is 16.8. The van der Waals surface area contributed by atoms with Gasteiger partial charge in [0.25, 0.3) is 5.91 Å². The van der Waals surface area contributed by atoms with Crippen LogP contribution in [0.1, 0.15) is 17.3 Å². The summed E-state index contributed by atoms with van der Waals surface area (Å²) in [5.74, 6) is -0.278. The van der Waals surface area contributed by atoms with Gasteiger partial charge in [-0.15, -0.1) is 0 Å². The summed E-state index contributed by atoms with van der Waals surface area (Å²) in [7, 11) is 0. The van der Waals surface area contributed by atoms with E-state index in [1.807, 2.05) is 6.92 Å². The van der Waals surface area contributed by atoms with Gasteiger partial charge in [-0.1, -0.05) is 11.6 Å². The van der Waals surface area contributed by atoms with Crippen LogP contribution < -0.4 is 10.1 Å². The maximum atomic E-state index is 11.8. The van der Waals surface area contributed by atoms with Crippen molar-refractivity contribution >= 4 is 29.2 Å². The van der Waals surface area contributed by atoms with Gasteiger partial charge in [-0.3, -0.25) is 4.79 Å². The Kier molecular flexibility index (Phi) is 6.00.